The number of nitrogen functional groups attached to an aromatic ring is 1. The van der Waals surface area contributed by atoms with Crippen LogP contribution in [0.25, 0.3) is 0 Å². The summed E-state index contributed by atoms with van der Waals surface area (Å²) >= 11 is 0. The number of hydrogen-bond donors (Lipinski definition) is 2. The molecule has 1 heterocycles. The molecule has 104 valence electrons. The fourth-order valence-electron chi connectivity index (χ4n) is 2.34. The Morgan fingerprint density at radius 1 is 1.58 bits per heavy atom. The molecule has 0 radical (unpaired) electrons. The van der Waals surface area contributed by atoms with Crippen LogP contribution in [0.4, 0.5) is 11.4 Å². The molecule has 1 aromatic carbocycles. The minimum atomic E-state index is -0.176. The van der Waals surface area contributed by atoms with Gasteiger partial charge in [-0.15, -0.1) is 0 Å². The van der Waals surface area contributed by atoms with Crippen LogP contribution < -0.4 is 10.6 Å². The molecule has 2 atom stereocenters. The summed E-state index contributed by atoms with van der Waals surface area (Å²) in [7, 11) is 0. The molecular formula is C14H20N2O3. The van der Waals surface area contributed by atoms with Crippen molar-refractivity contribution in [3.63, 3.8) is 0 Å². The number of benzene rings is 1. The van der Waals surface area contributed by atoms with Crippen molar-refractivity contribution in [1.82, 2.24) is 0 Å². The number of nitrogens with two attached hydrogens (primary N) is 1. The van der Waals surface area contributed by atoms with Gasteiger partial charge in [0.15, 0.2) is 5.78 Å². The number of carbonyl (C=O) groups excluding carboxylic acids is 1. The lowest BCUT2D eigenvalue weighted by atomic mass is 10.1. The Hall–Kier alpha value is -1.59. The van der Waals surface area contributed by atoms with E-state index in [-0.39, 0.29) is 24.5 Å². The van der Waals surface area contributed by atoms with E-state index in [1.165, 1.54) is 6.92 Å². The van der Waals surface area contributed by atoms with Crippen LogP contribution in [-0.4, -0.2) is 42.8 Å². The van der Waals surface area contributed by atoms with Crippen molar-refractivity contribution in [3.8, 4) is 0 Å². The number of hydrogen-bond acceptors (Lipinski definition) is 5. The largest absolute Gasteiger partial charge is 0.398 e. The zero-order chi connectivity index (χ0) is 14.0. The fourth-order valence-corrected chi connectivity index (χ4v) is 2.34. The summed E-state index contributed by atoms with van der Waals surface area (Å²) in [6, 6.07) is 5.67. The van der Waals surface area contributed by atoms with Gasteiger partial charge in [-0.2, -0.15) is 0 Å². The molecule has 1 aromatic rings. The van der Waals surface area contributed by atoms with Crippen LogP contribution in [0.3, 0.4) is 0 Å². The van der Waals surface area contributed by atoms with Gasteiger partial charge in [0.2, 0.25) is 0 Å². The third kappa shape index (κ3) is 2.88. The van der Waals surface area contributed by atoms with Crippen LogP contribution in [0.1, 0.15) is 24.2 Å². The fraction of sp³-hybridized carbons (Fsp3) is 0.500. The van der Waals surface area contributed by atoms with Crippen molar-refractivity contribution in [1.29, 1.82) is 0 Å². The van der Waals surface area contributed by atoms with E-state index >= 15 is 0 Å². The van der Waals surface area contributed by atoms with Crippen molar-refractivity contribution in [2.24, 2.45) is 0 Å². The normalized spacial score (nSPS) is 23.4. The summed E-state index contributed by atoms with van der Waals surface area (Å²) in [5, 5.41) is 9.19. The predicted octanol–water partition coefficient (Wildman–Crippen LogP) is 1.06. The van der Waals surface area contributed by atoms with Gasteiger partial charge in [0.25, 0.3) is 0 Å². The number of aliphatic hydroxyl groups excluding tert-OH is 1. The second-order valence-corrected chi connectivity index (χ2v) is 4.97. The molecular weight excluding hydrogens is 244 g/mol. The second-order valence-electron chi connectivity index (χ2n) is 4.97. The Bertz CT molecular complexity index is 476. The van der Waals surface area contributed by atoms with E-state index in [1.807, 2.05) is 12.1 Å². The first-order chi connectivity index (χ1) is 9.02. The minimum absolute atomic E-state index is 0.00420. The van der Waals surface area contributed by atoms with E-state index in [4.69, 9.17) is 10.5 Å². The SMILES string of the molecule is CC(=O)c1ccc(N2CC(CO)OCC2C)cc1N. The van der Waals surface area contributed by atoms with Crippen molar-refractivity contribution in [2.75, 3.05) is 30.4 Å². The van der Waals surface area contributed by atoms with Gasteiger partial charge in [-0.05, 0) is 32.0 Å². The zero-order valence-corrected chi connectivity index (χ0v) is 11.3. The van der Waals surface area contributed by atoms with E-state index in [2.05, 4.69) is 11.8 Å². The van der Waals surface area contributed by atoms with E-state index in [0.29, 0.717) is 24.4 Å². The summed E-state index contributed by atoms with van der Waals surface area (Å²) < 4.78 is 5.51. The first kappa shape index (κ1) is 13.8. The number of ether oxygens (including phenoxy) is 1. The van der Waals surface area contributed by atoms with Crippen molar-refractivity contribution < 1.29 is 14.6 Å². The Morgan fingerprint density at radius 3 is 2.89 bits per heavy atom. The monoisotopic (exact) mass is 264 g/mol. The van der Waals surface area contributed by atoms with E-state index in [9.17, 15) is 9.90 Å². The lowest BCUT2D eigenvalue weighted by Crippen LogP contribution is -2.49. The molecule has 0 aromatic heterocycles. The number of aliphatic hydroxyl groups is 1. The molecule has 0 bridgehead atoms. The molecule has 1 aliphatic heterocycles. The zero-order valence-electron chi connectivity index (χ0n) is 11.3. The van der Waals surface area contributed by atoms with Gasteiger partial charge < -0.3 is 20.5 Å². The summed E-state index contributed by atoms with van der Waals surface area (Å²) in [6.45, 7) is 4.76. The van der Waals surface area contributed by atoms with Gasteiger partial charge in [-0.1, -0.05) is 0 Å². The Labute approximate surface area is 113 Å². The van der Waals surface area contributed by atoms with Crippen LogP contribution >= 0.6 is 0 Å². The van der Waals surface area contributed by atoms with Crippen LogP contribution in [0.5, 0.6) is 0 Å². The van der Waals surface area contributed by atoms with Crippen LogP contribution in [-0.2, 0) is 4.74 Å². The van der Waals surface area contributed by atoms with Crippen molar-refractivity contribution in [3.05, 3.63) is 23.8 Å². The highest BCUT2D eigenvalue weighted by molar-refractivity contribution is 5.99. The molecule has 1 aliphatic rings. The highest BCUT2D eigenvalue weighted by Crippen LogP contribution is 2.26. The van der Waals surface area contributed by atoms with E-state index in [1.54, 1.807) is 6.07 Å². The van der Waals surface area contributed by atoms with Crippen LogP contribution in [0.2, 0.25) is 0 Å². The van der Waals surface area contributed by atoms with Crippen molar-refractivity contribution in [2.45, 2.75) is 26.0 Å². The van der Waals surface area contributed by atoms with Gasteiger partial charge in [0.05, 0.1) is 19.3 Å². The lowest BCUT2D eigenvalue weighted by molar-refractivity contribution is -0.0103. The minimum Gasteiger partial charge on any atom is -0.398 e. The van der Waals surface area contributed by atoms with Gasteiger partial charge in [0.1, 0.15) is 0 Å². The molecule has 0 amide bonds. The molecule has 19 heavy (non-hydrogen) atoms. The summed E-state index contributed by atoms with van der Waals surface area (Å²) in [4.78, 5) is 13.5. The molecule has 5 nitrogen and oxygen atoms in total. The number of nitrogens with zero attached hydrogens (tertiary/aromatic N) is 1. The van der Waals surface area contributed by atoms with Crippen molar-refractivity contribution >= 4 is 17.2 Å². The molecule has 2 rings (SSSR count). The number of rotatable bonds is 3. The highest BCUT2D eigenvalue weighted by Gasteiger charge is 2.26. The average molecular weight is 264 g/mol. The Morgan fingerprint density at radius 2 is 2.32 bits per heavy atom. The molecule has 0 spiro atoms. The highest BCUT2D eigenvalue weighted by atomic mass is 16.5. The van der Waals surface area contributed by atoms with Gasteiger partial charge in [0, 0.05) is 29.5 Å². The summed E-state index contributed by atoms with van der Waals surface area (Å²) in [6.07, 6.45) is -0.176. The molecule has 0 saturated carbocycles. The predicted molar refractivity (Wildman–Crippen MR) is 74.5 cm³/mol. The maximum Gasteiger partial charge on any atom is 0.161 e. The summed E-state index contributed by atoms with van der Waals surface area (Å²) in [5.41, 5.74) is 7.90. The van der Waals surface area contributed by atoms with Gasteiger partial charge in [-0.25, -0.2) is 0 Å². The molecule has 2 unspecified atom stereocenters. The number of anilines is 2. The second kappa shape index (κ2) is 5.59. The first-order valence-corrected chi connectivity index (χ1v) is 6.42. The smallest absolute Gasteiger partial charge is 0.161 e. The van der Waals surface area contributed by atoms with Crippen LogP contribution in [0.15, 0.2) is 18.2 Å². The third-order valence-corrected chi connectivity index (χ3v) is 3.46. The third-order valence-electron chi connectivity index (χ3n) is 3.46. The van der Waals surface area contributed by atoms with Crippen LogP contribution in [0, 0.1) is 0 Å². The Kier molecular flexibility index (Phi) is 4.07. The van der Waals surface area contributed by atoms with E-state index < -0.39 is 0 Å². The number of morpholine rings is 1. The van der Waals surface area contributed by atoms with Gasteiger partial charge in [-0.3, -0.25) is 4.79 Å². The number of ketones is 1. The topological polar surface area (TPSA) is 75.8 Å². The lowest BCUT2D eigenvalue weighted by Gasteiger charge is -2.39. The maximum absolute atomic E-state index is 11.4. The number of carbonyl (C=O) groups is 1. The number of Topliss-reactive ketones (excluding diaryl/α,β-unsaturated/α-hetero) is 1. The first-order valence-electron chi connectivity index (χ1n) is 6.42. The molecule has 1 fully saturated rings. The maximum atomic E-state index is 11.4. The molecule has 5 heteroatoms. The quantitative estimate of drug-likeness (QED) is 0.630. The standard InChI is InChI=1S/C14H20N2O3/c1-9-8-19-12(7-17)6-16(9)11-3-4-13(10(2)18)14(15)5-11/h3-5,9,12,17H,6-8,15H2,1-2H3. The Balaban J connectivity index is 2.25. The van der Waals surface area contributed by atoms with E-state index in [0.717, 1.165) is 5.69 Å². The molecule has 3 N–H and O–H groups in total. The molecule has 1 saturated heterocycles. The van der Waals surface area contributed by atoms with Gasteiger partial charge >= 0.3 is 0 Å². The summed E-state index contributed by atoms with van der Waals surface area (Å²) in [5.74, 6) is -0.0349. The average Bonchev–Trinajstić information content (AvgIpc) is 2.38. The molecule has 0 aliphatic carbocycles.